The lowest BCUT2D eigenvalue weighted by atomic mass is 9.82. The minimum absolute atomic E-state index is 0.136. The van der Waals surface area contributed by atoms with Gasteiger partial charge in [0.15, 0.2) is 0 Å². The molecule has 0 aromatic carbocycles. The molecule has 1 aliphatic rings. The highest BCUT2D eigenvalue weighted by Crippen LogP contribution is 2.28. The topological polar surface area (TPSA) is 93.4 Å². The van der Waals surface area contributed by atoms with Gasteiger partial charge in [0.25, 0.3) is 0 Å². The van der Waals surface area contributed by atoms with E-state index in [1.165, 1.54) is 0 Å². The number of nitrogens with one attached hydrogen (secondary N) is 1. The Bertz CT molecular complexity index is 370. The maximum Gasteiger partial charge on any atom is 0.317 e. The molecular weight excluding hydrogens is 258 g/mol. The van der Waals surface area contributed by atoms with Crippen LogP contribution in [0.15, 0.2) is 0 Å². The highest BCUT2D eigenvalue weighted by Gasteiger charge is 2.26. The summed E-state index contributed by atoms with van der Waals surface area (Å²) in [7, 11) is 0. The van der Waals surface area contributed by atoms with Crippen LogP contribution in [-0.2, 0) is 4.79 Å². The normalized spacial score (nSPS) is 21.8. The zero-order valence-corrected chi connectivity index (χ0v) is 12.0. The summed E-state index contributed by atoms with van der Waals surface area (Å²) in [6.45, 7) is 3.51. The number of nitrogens with zero attached hydrogens (tertiary/aromatic N) is 2. The fourth-order valence-corrected chi connectivity index (χ4v) is 2.55. The molecule has 0 unspecified atom stereocenters. The lowest BCUT2D eigenvalue weighted by molar-refractivity contribution is -0.143. The molecule has 0 atom stereocenters. The minimum atomic E-state index is -0.707. The fourth-order valence-electron chi connectivity index (χ4n) is 2.55. The maximum absolute atomic E-state index is 11.9. The van der Waals surface area contributed by atoms with E-state index in [1.807, 2.05) is 13.0 Å². The molecule has 0 saturated heterocycles. The first kappa shape index (κ1) is 16.3. The average Bonchev–Trinajstić information content (AvgIpc) is 2.46. The largest absolute Gasteiger partial charge is 0.481 e. The Labute approximate surface area is 119 Å². The standard InChI is InChI=1S/C14H23N3O3/c1-2-17(9-3-8-15)14(20)16-10-11-4-6-12(7-5-11)13(18)19/h11-12H,2-7,9-10H2,1H3,(H,16,20)(H,18,19). The minimum Gasteiger partial charge on any atom is -0.481 e. The van der Waals surface area contributed by atoms with Crippen LogP contribution >= 0.6 is 0 Å². The molecule has 6 heteroatoms. The second kappa shape index (κ2) is 8.41. The van der Waals surface area contributed by atoms with Gasteiger partial charge in [-0.3, -0.25) is 4.79 Å². The first-order valence-electron chi connectivity index (χ1n) is 7.21. The third-order valence-corrected chi connectivity index (χ3v) is 3.90. The molecule has 20 heavy (non-hydrogen) atoms. The molecule has 0 spiro atoms. The Morgan fingerprint density at radius 3 is 2.50 bits per heavy atom. The number of carboxylic acids is 1. The van der Waals surface area contributed by atoms with Crippen molar-refractivity contribution in [3.63, 3.8) is 0 Å². The van der Waals surface area contributed by atoms with Crippen LogP contribution in [0.5, 0.6) is 0 Å². The highest BCUT2D eigenvalue weighted by atomic mass is 16.4. The molecule has 112 valence electrons. The summed E-state index contributed by atoms with van der Waals surface area (Å²) >= 11 is 0. The van der Waals surface area contributed by atoms with Crippen molar-refractivity contribution < 1.29 is 14.7 Å². The lowest BCUT2D eigenvalue weighted by Crippen LogP contribution is -2.42. The van der Waals surface area contributed by atoms with Gasteiger partial charge in [-0.2, -0.15) is 5.26 Å². The van der Waals surface area contributed by atoms with Crippen molar-refractivity contribution in [3.8, 4) is 6.07 Å². The van der Waals surface area contributed by atoms with Crippen LogP contribution in [-0.4, -0.2) is 41.6 Å². The molecule has 1 fully saturated rings. The molecule has 0 aromatic rings. The Morgan fingerprint density at radius 2 is 2.00 bits per heavy atom. The molecule has 0 aliphatic heterocycles. The van der Waals surface area contributed by atoms with E-state index in [9.17, 15) is 9.59 Å². The van der Waals surface area contributed by atoms with E-state index in [0.29, 0.717) is 44.8 Å². The number of carbonyl (C=O) groups excluding carboxylic acids is 1. The van der Waals surface area contributed by atoms with Crippen LogP contribution in [0.3, 0.4) is 0 Å². The zero-order valence-electron chi connectivity index (χ0n) is 12.0. The predicted octanol–water partition coefficient (Wildman–Crippen LogP) is 1.82. The van der Waals surface area contributed by atoms with E-state index in [1.54, 1.807) is 4.90 Å². The molecule has 1 saturated carbocycles. The molecule has 2 amide bonds. The summed E-state index contributed by atoms with van der Waals surface area (Å²) in [5.41, 5.74) is 0. The van der Waals surface area contributed by atoms with Crippen LogP contribution in [0.4, 0.5) is 4.79 Å². The molecule has 0 heterocycles. The summed E-state index contributed by atoms with van der Waals surface area (Å²) in [5.74, 6) is -0.560. The molecule has 1 rings (SSSR count). The number of hydrogen-bond donors (Lipinski definition) is 2. The van der Waals surface area contributed by atoms with Gasteiger partial charge in [-0.15, -0.1) is 0 Å². The summed E-state index contributed by atoms with van der Waals surface area (Å²) in [4.78, 5) is 24.4. The van der Waals surface area contributed by atoms with Gasteiger partial charge in [-0.05, 0) is 38.5 Å². The van der Waals surface area contributed by atoms with Crippen LogP contribution in [0.2, 0.25) is 0 Å². The van der Waals surface area contributed by atoms with E-state index in [2.05, 4.69) is 5.32 Å². The van der Waals surface area contributed by atoms with Crippen molar-refractivity contribution in [2.75, 3.05) is 19.6 Å². The Kier molecular flexibility index (Phi) is 6.85. The van der Waals surface area contributed by atoms with Gasteiger partial charge < -0.3 is 15.3 Å². The van der Waals surface area contributed by atoms with E-state index in [0.717, 1.165) is 12.8 Å². The van der Waals surface area contributed by atoms with Crippen LogP contribution in [0.1, 0.15) is 39.0 Å². The number of urea groups is 1. The summed E-state index contributed by atoms with van der Waals surface area (Å²) in [6.07, 6.45) is 3.43. The molecule has 1 aliphatic carbocycles. The van der Waals surface area contributed by atoms with Gasteiger partial charge in [0, 0.05) is 19.6 Å². The second-order valence-electron chi connectivity index (χ2n) is 5.23. The van der Waals surface area contributed by atoms with E-state index in [-0.39, 0.29) is 11.9 Å². The first-order chi connectivity index (χ1) is 9.58. The van der Waals surface area contributed by atoms with Crippen LogP contribution in [0, 0.1) is 23.2 Å². The van der Waals surface area contributed by atoms with Gasteiger partial charge in [0.05, 0.1) is 18.4 Å². The van der Waals surface area contributed by atoms with Crippen molar-refractivity contribution in [2.45, 2.75) is 39.0 Å². The lowest BCUT2D eigenvalue weighted by Gasteiger charge is -2.27. The van der Waals surface area contributed by atoms with Gasteiger partial charge in [-0.1, -0.05) is 0 Å². The highest BCUT2D eigenvalue weighted by molar-refractivity contribution is 5.74. The number of nitriles is 1. The Balaban J connectivity index is 2.28. The summed E-state index contributed by atoms with van der Waals surface area (Å²) < 4.78 is 0. The molecule has 0 bridgehead atoms. The number of rotatable bonds is 6. The maximum atomic E-state index is 11.9. The monoisotopic (exact) mass is 281 g/mol. The van der Waals surface area contributed by atoms with Crippen molar-refractivity contribution in [2.24, 2.45) is 11.8 Å². The molecule has 0 radical (unpaired) electrons. The third kappa shape index (κ3) is 5.08. The van der Waals surface area contributed by atoms with Gasteiger partial charge in [-0.25, -0.2) is 4.79 Å². The van der Waals surface area contributed by atoms with Gasteiger partial charge >= 0.3 is 12.0 Å². The smallest absolute Gasteiger partial charge is 0.317 e. The van der Waals surface area contributed by atoms with Crippen molar-refractivity contribution in [1.82, 2.24) is 10.2 Å². The van der Waals surface area contributed by atoms with Crippen molar-refractivity contribution in [3.05, 3.63) is 0 Å². The van der Waals surface area contributed by atoms with Crippen LogP contribution in [0.25, 0.3) is 0 Å². The first-order valence-corrected chi connectivity index (χ1v) is 7.21. The van der Waals surface area contributed by atoms with Crippen LogP contribution < -0.4 is 5.32 Å². The molecule has 6 nitrogen and oxygen atoms in total. The SMILES string of the molecule is CCN(CCC#N)C(=O)NCC1CCC(C(=O)O)CC1. The van der Waals surface area contributed by atoms with Crippen molar-refractivity contribution in [1.29, 1.82) is 5.26 Å². The second-order valence-corrected chi connectivity index (χ2v) is 5.23. The number of carbonyl (C=O) groups is 2. The average molecular weight is 281 g/mol. The summed E-state index contributed by atoms with van der Waals surface area (Å²) in [5, 5.41) is 20.4. The number of carboxylic acid groups (broad SMARTS) is 1. The van der Waals surface area contributed by atoms with Crippen molar-refractivity contribution >= 4 is 12.0 Å². The Morgan fingerprint density at radius 1 is 1.35 bits per heavy atom. The number of hydrogen-bond acceptors (Lipinski definition) is 3. The molecule has 0 aromatic heterocycles. The summed E-state index contributed by atoms with van der Waals surface area (Å²) in [6, 6.07) is 1.89. The number of amides is 2. The zero-order chi connectivity index (χ0) is 15.0. The van der Waals surface area contributed by atoms with Gasteiger partial charge in [0.1, 0.15) is 0 Å². The fraction of sp³-hybridized carbons (Fsp3) is 0.786. The predicted molar refractivity (Wildman–Crippen MR) is 74.0 cm³/mol. The molecule has 2 N–H and O–H groups in total. The van der Waals surface area contributed by atoms with E-state index >= 15 is 0 Å². The quantitative estimate of drug-likeness (QED) is 0.776. The third-order valence-electron chi connectivity index (χ3n) is 3.90. The number of aliphatic carboxylic acids is 1. The van der Waals surface area contributed by atoms with Gasteiger partial charge in [0.2, 0.25) is 0 Å². The van der Waals surface area contributed by atoms with E-state index in [4.69, 9.17) is 10.4 Å². The Hall–Kier alpha value is -1.77. The van der Waals surface area contributed by atoms with E-state index < -0.39 is 5.97 Å². The molecular formula is C14H23N3O3.